The molecular formula is C19H21N3O4. The van der Waals surface area contributed by atoms with Crippen LogP contribution in [0.3, 0.4) is 0 Å². The predicted octanol–water partition coefficient (Wildman–Crippen LogP) is 2.27. The van der Waals surface area contributed by atoms with Crippen LogP contribution in [0.5, 0.6) is 11.5 Å². The first-order valence-corrected chi connectivity index (χ1v) is 8.26. The molecule has 0 radical (unpaired) electrons. The van der Waals surface area contributed by atoms with E-state index in [1.54, 1.807) is 0 Å². The molecule has 26 heavy (non-hydrogen) atoms. The maximum atomic E-state index is 12.4. The summed E-state index contributed by atoms with van der Waals surface area (Å²) in [6.07, 6.45) is 2.87. The van der Waals surface area contributed by atoms with Crippen molar-refractivity contribution in [3.05, 3.63) is 53.3 Å². The molecule has 0 spiro atoms. The van der Waals surface area contributed by atoms with Crippen molar-refractivity contribution < 1.29 is 19.1 Å². The summed E-state index contributed by atoms with van der Waals surface area (Å²) in [6.45, 7) is 6.20. The van der Waals surface area contributed by atoms with Crippen molar-refractivity contribution in [1.82, 2.24) is 15.6 Å². The molecule has 1 aromatic heterocycles. The molecule has 0 unspecified atom stereocenters. The number of nitrogens with zero attached hydrogens (tertiary/aromatic N) is 1. The van der Waals surface area contributed by atoms with Gasteiger partial charge < -0.3 is 20.1 Å². The van der Waals surface area contributed by atoms with Gasteiger partial charge in [-0.15, -0.1) is 0 Å². The third kappa shape index (κ3) is 4.30. The number of rotatable bonds is 4. The van der Waals surface area contributed by atoms with Gasteiger partial charge in [-0.3, -0.25) is 14.6 Å². The topological polar surface area (TPSA) is 89.6 Å². The van der Waals surface area contributed by atoms with Gasteiger partial charge in [0, 0.05) is 24.5 Å². The summed E-state index contributed by atoms with van der Waals surface area (Å²) in [5.74, 6) is 0.789. The lowest BCUT2D eigenvalue weighted by atomic mass is 10.1. The molecule has 0 saturated carbocycles. The minimum atomic E-state index is -0.366. The van der Waals surface area contributed by atoms with Gasteiger partial charge in [-0.25, -0.2) is 0 Å². The average Bonchev–Trinajstić information content (AvgIpc) is 3.06. The molecule has 0 saturated heterocycles. The summed E-state index contributed by atoms with van der Waals surface area (Å²) in [5.41, 5.74) is 1.19. The van der Waals surface area contributed by atoms with Crippen molar-refractivity contribution in [2.24, 2.45) is 0 Å². The lowest BCUT2D eigenvalue weighted by Crippen LogP contribution is -2.40. The number of pyridine rings is 1. The van der Waals surface area contributed by atoms with Gasteiger partial charge in [0.15, 0.2) is 11.5 Å². The van der Waals surface area contributed by atoms with Gasteiger partial charge >= 0.3 is 0 Å². The van der Waals surface area contributed by atoms with Gasteiger partial charge in [-0.1, -0.05) is 6.07 Å². The molecule has 1 aromatic carbocycles. The van der Waals surface area contributed by atoms with Gasteiger partial charge in [0.2, 0.25) is 6.79 Å². The van der Waals surface area contributed by atoms with Crippen LogP contribution in [0.2, 0.25) is 0 Å². The lowest BCUT2D eigenvalue weighted by molar-refractivity contribution is 0.0919. The largest absolute Gasteiger partial charge is 0.454 e. The van der Waals surface area contributed by atoms with Crippen molar-refractivity contribution in [2.45, 2.75) is 32.9 Å². The summed E-state index contributed by atoms with van der Waals surface area (Å²) < 4.78 is 10.6. The first-order chi connectivity index (χ1) is 12.3. The van der Waals surface area contributed by atoms with Gasteiger partial charge in [0.05, 0.1) is 11.1 Å². The van der Waals surface area contributed by atoms with Crippen molar-refractivity contribution >= 4 is 11.8 Å². The number of hydrogen-bond acceptors (Lipinski definition) is 5. The van der Waals surface area contributed by atoms with Crippen LogP contribution in [0.15, 0.2) is 36.7 Å². The maximum absolute atomic E-state index is 12.4. The van der Waals surface area contributed by atoms with Gasteiger partial charge in [-0.05, 0) is 44.5 Å². The summed E-state index contributed by atoms with van der Waals surface area (Å²) in [5, 5.41) is 5.66. The normalized spacial score (nSPS) is 12.6. The standard InChI is InChI=1S/C19H21N3O4/c1-19(2,3)22-18(24)14-7-13(9-20-10-14)17(23)21-8-12-4-5-15-16(6-12)26-11-25-15/h4-7,9-10H,8,11H2,1-3H3,(H,21,23)(H,22,24). The van der Waals surface area contributed by atoms with Crippen molar-refractivity contribution in [3.8, 4) is 11.5 Å². The maximum Gasteiger partial charge on any atom is 0.253 e. The van der Waals surface area contributed by atoms with E-state index < -0.39 is 0 Å². The SMILES string of the molecule is CC(C)(C)NC(=O)c1cncc(C(=O)NCc2ccc3c(c2)OCO3)c1. The predicted molar refractivity (Wildman–Crippen MR) is 95.2 cm³/mol. The van der Waals surface area contributed by atoms with Crippen molar-refractivity contribution in [2.75, 3.05) is 6.79 Å². The number of carbonyl (C=O) groups excluding carboxylic acids is 2. The van der Waals surface area contributed by atoms with Crippen molar-refractivity contribution in [3.63, 3.8) is 0 Å². The second-order valence-corrected chi connectivity index (χ2v) is 7.04. The van der Waals surface area contributed by atoms with Gasteiger partial charge in [0.25, 0.3) is 11.8 Å². The van der Waals surface area contributed by atoms with E-state index >= 15 is 0 Å². The Bertz CT molecular complexity index is 843. The zero-order chi connectivity index (χ0) is 18.7. The number of benzene rings is 1. The van der Waals surface area contributed by atoms with Gasteiger partial charge in [-0.2, -0.15) is 0 Å². The van der Waals surface area contributed by atoms with Crippen LogP contribution in [0.1, 0.15) is 47.1 Å². The molecule has 1 aliphatic rings. The van der Waals surface area contributed by atoms with Crippen LogP contribution in [0.25, 0.3) is 0 Å². The number of ether oxygens (including phenoxy) is 2. The Balaban J connectivity index is 1.64. The summed E-state index contributed by atoms with van der Waals surface area (Å²) in [4.78, 5) is 28.6. The molecule has 2 heterocycles. The zero-order valence-corrected chi connectivity index (χ0v) is 15.0. The number of nitrogens with one attached hydrogen (secondary N) is 2. The Kier molecular flexibility index (Phi) is 4.79. The minimum absolute atomic E-state index is 0.209. The molecule has 1 aliphatic heterocycles. The molecule has 2 aromatic rings. The van der Waals surface area contributed by atoms with Crippen LogP contribution < -0.4 is 20.1 Å². The first kappa shape index (κ1) is 17.7. The van der Waals surface area contributed by atoms with Crippen LogP contribution in [0.4, 0.5) is 0 Å². The van der Waals surface area contributed by atoms with Crippen LogP contribution in [0, 0.1) is 0 Å². The number of aromatic nitrogens is 1. The van der Waals surface area contributed by atoms with E-state index in [1.807, 2.05) is 39.0 Å². The highest BCUT2D eigenvalue weighted by Crippen LogP contribution is 2.32. The molecular weight excluding hydrogens is 334 g/mol. The molecule has 7 nitrogen and oxygen atoms in total. The quantitative estimate of drug-likeness (QED) is 0.878. The second-order valence-electron chi connectivity index (χ2n) is 7.04. The highest BCUT2D eigenvalue weighted by molar-refractivity contribution is 5.99. The fourth-order valence-electron chi connectivity index (χ4n) is 2.44. The zero-order valence-electron chi connectivity index (χ0n) is 15.0. The lowest BCUT2D eigenvalue weighted by Gasteiger charge is -2.20. The Morgan fingerprint density at radius 2 is 1.73 bits per heavy atom. The third-order valence-corrected chi connectivity index (χ3v) is 3.64. The van der Waals surface area contributed by atoms with E-state index in [4.69, 9.17) is 9.47 Å². The number of fused-ring (bicyclic) bond motifs is 1. The molecule has 7 heteroatoms. The Labute approximate surface area is 151 Å². The molecule has 3 rings (SSSR count). The Hall–Kier alpha value is -3.09. The number of hydrogen-bond donors (Lipinski definition) is 2. The van der Waals surface area contributed by atoms with Gasteiger partial charge in [0.1, 0.15) is 0 Å². The summed E-state index contributed by atoms with van der Waals surface area (Å²) in [7, 11) is 0. The smallest absolute Gasteiger partial charge is 0.253 e. The van der Waals surface area contributed by atoms with E-state index in [2.05, 4.69) is 15.6 Å². The minimum Gasteiger partial charge on any atom is -0.454 e. The highest BCUT2D eigenvalue weighted by atomic mass is 16.7. The molecule has 0 fully saturated rings. The fourth-order valence-corrected chi connectivity index (χ4v) is 2.44. The molecule has 2 N–H and O–H groups in total. The molecule has 2 amide bonds. The Morgan fingerprint density at radius 3 is 2.46 bits per heavy atom. The monoisotopic (exact) mass is 355 g/mol. The van der Waals surface area contributed by atoms with Crippen LogP contribution >= 0.6 is 0 Å². The van der Waals surface area contributed by atoms with Crippen molar-refractivity contribution in [1.29, 1.82) is 0 Å². The second kappa shape index (κ2) is 7.03. The highest BCUT2D eigenvalue weighted by Gasteiger charge is 2.17. The Morgan fingerprint density at radius 1 is 1.04 bits per heavy atom. The summed E-state index contributed by atoms with van der Waals surface area (Å²) in [6, 6.07) is 7.03. The van der Waals surface area contributed by atoms with E-state index in [9.17, 15) is 9.59 Å². The molecule has 0 atom stereocenters. The third-order valence-electron chi connectivity index (χ3n) is 3.64. The average molecular weight is 355 g/mol. The van der Waals surface area contributed by atoms with E-state index in [0.717, 1.165) is 5.56 Å². The van der Waals surface area contributed by atoms with E-state index in [1.165, 1.54) is 18.5 Å². The van der Waals surface area contributed by atoms with E-state index in [0.29, 0.717) is 29.2 Å². The van der Waals surface area contributed by atoms with E-state index in [-0.39, 0.29) is 24.1 Å². The molecule has 0 aliphatic carbocycles. The van der Waals surface area contributed by atoms with Crippen LogP contribution in [-0.4, -0.2) is 29.1 Å². The first-order valence-electron chi connectivity index (χ1n) is 8.26. The number of carbonyl (C=O) groups is 2. The summed E-state index contributed by atoms with van der Waals surface area (Å²) >= 11 is 0. The number of amides is 2. The molecule has 136 valence electrons. The fraction of sp³-hybridized carbons (Fsp3) is 0.316. The molecule has 0 bridgehead atoms. The van der Waals surface area contributed by atoms with Crippen LogP contribution in [-0.2, 0) is 6.54 Å².